The van der Waals surface area contributed by atoms with Crippen molar-refractivity contribution < 1.29 is 17.9 Å². The minimum Gasteiger partial charge on any atom is -0.372 e. The smallest absolute Gasteiger partial charge is 0.240 e. The summed E-state index contributed by atoms with van der Waals surface area (Å²) in [6.45, 7) is 4.28. The summed E-state index contributed by atoms with van der Waals surface area (Å²) in [5, 5.41) is 7.86. The lowest BCUT2D eigenvalue weighted by Crippen LogP contribution is -2.34. The highest BCUT2D eigenvalue weighted by Gasteiger charge is 2.45. The highest BCUT2D eigenvalue weighted by Crippen LogP contribution is 2.47. The van der Waals surface area contributed by atoms with Gasteiger partial charge in [0.05, 0.1) is 5.02 Å². The van der Waals surface area contributed by atoms with Gasteiger partial charge in [0.2, 0.25) is 16.0 Å². The molecule has 2 aromatic rings. The van der Waals surface area contributed by atoms with Crippen LogP contribution in [0.15, 0.2) is 12.4 Å². The summed E-state index contributed by atoms with van der Waals surface area (Å²) in [4.78, 5) is 8.23. The van der Waals surface area contributed by atoms with Crippen molar-refractivity contribution in [3.63, 3.8) is 0 Å². The van der Waals surface area contributed by atoms with E-state index in [0.717, 1.165) is 32.1 Å². The second-order valence-corrected chi connectivity index (χ2v) is 10.8. The Balaban J connectivity index is 1.61. The molecule has 4 rings (SSSR count). The summed E-state index contributed by atoms with van der Waals surface area (Å²) in [6, 6.07) is 0. The van der Waals surface area contributed by atoms with Gasteiger partial charge in [0, 0.05) is 31.6 Å². The van der Waals surface area contributed by atoms with E-state index >= 15 is 0 Å². The fourth-order valence-electron chi connectivity index (χ4n) is 3.81. The van der Waals surface area contributed by atoms with Crippen molar-refractivity contribution >= 4 is 27.6 Å². The molecule has 0 aromatic carbocycles. The second kappa shape index (κ2) is 8.61. The topological polar surface area (TPSA) is 121 Å². The number of rotatable bonds is 8. The molecule has 0 amide bonds. The first-order chi connectivity index (χ1) is 14.7. The Kier molecular flexibility index (Phi) is 6.21. The molecule has 1 saturated carbocycles. The Morgan fingerprint density at radius 3 is 2.58 bits per heavy atom. The van der Waals surface area contributed by atoms with E-state index in [0.29, 0.717) is 17.5 Å². The molecule has 170 valence electrons. The lowest BCUT2D eigenvalue weighted by Gasteiger charge is -2.26. The molecule has 3 heterocycles. The van der Waals surface area contributed by atoms with Crippen molar-refractivity contribution in [3.05, 3.63) is 29.1 Å². The van der Waals surface area contributed by atoms with E-state index < -0.39 is 21.4 Å². The predicted octanol–water partition coefficient (Wildman–Crippen LogP) is 2.99. The molecule has 0 spiro atoms. The minimum atomic E-state index is -3.91. The third-order valence-corrected chi connectivity index (χ3v) is 7.86. The summed E-state index contributed by atoms with van der Waals surface area (Å²) < 4.78 is 42.3. The normalized spacial score (nSPS) is 22.6. The molecule has 3 atom stereocenters. The molecular weight excluding hydrogens is 444 g/mol. The van der Waals surface area contributed by atoms with Gasteiger partial charge in [-0.25, -0.2) is 18.4 Å². The van der Waals surface area contributed by atoms with E-state index in [1.807, 2.05) is 4.57 Å². The molecule has 0 unspecified atom stereocenters. The molecule has 1 aliphatic carbocycles. The summed E-state index contributed by atoms with van der Waals surface area (Å²) in [7, 11) is -2.49. The van der Waals surface area contributed by atoms with Crippen LogP contribution in [0.4, 0.5) is 5.95 Å². The van der Waals surface area contributed by atoms with Gasteiger partial charge >= 0.3 is 0 Å². The molecule has 12 heteroatoms. The van der Waals surface area contributed by atoms with Crippen molar-refractivity contribution in [3.8, 4) is 0 Å². The SMILES string of the molecule is CO[C@H](c1ncc(Cl)cn1)[C@H](C)S(=O)(=O)Nc1nnc([C@H]2CCCCO2)n1C1(C)CC1. The second-order valence-electron chi connectivity index (χ2n) is 8.34. The molecule has 1 N–H and O–H groups in total. The molecule has 31 heavy (non-hydrogen) atoms. The summed E-state index contributed by atoms with van der Waals surface area (Å²) >= 11 is 5.84. The van der Waals surface area contributed by atoms with Gasteiger partial charge in [0.25, 0.3) is 0 Å². The molecule has 10 nitrogen and oxygen atoms in total. The minimum absolute atomic E-state index is 0.177. The lowest BCUT2D eigenvalue weighted by atomic mass is 10.1. The van der Waals surface area contributed by atoms with Gasteiger partial charge in [-0.3, -0.25) is 9.29 Å². The first kappa shape index (κ1) is 22.4. The van der Waals surface area contributed by atoms with Crippen molar-refractivity contribution in [2.75, 3.05) is 18.4 Å². The largest absolute Gasteiger partial charge is 0.372 e. The summed E-state index contributed by atoms with van der Waals surface area (Å²) in [5.41, 5.74) is -0.222. The first-order valence-electron chi connectivity index (χ1n) is 10.3. The third kappa shape index (κ3) is 4.55. The van der Waals surface area contributed by atoms with Crippen LogP contribution < -0.4 is 4.72 Å². The van der Waals surface area contributed by atoms with Crippen molar-refractivity contribution in [2.24, 2.45) is 0 Å². The van der Waals surface area contributed by atoms with E-state index in [-0.39, 0.29) is 23.4 Å². The van der Waals surface area contributed by atoms with Crippen LogP contribution in [0.5, 0.6) is 0 Å². The standard InChI is InChI=1S/C19H27ClN6O4S/c1-12(15(29-3)16-21-10-13(20)11-22-16)31(27,28)25-18-24-23-17(14-6-4-5-9-30-14)26(18)19(2)7-8-19/h10-12,14-15H,4-9H2,1-3H3,(H,24,25)/t12-,14+,15-/m0/s1. The van der Waals surface area contributed by atoms with E-state index in [1.54, 1.807) is 6.92 Å². The molecular formula is C19H27ClN6O4S. The Morgan fingerprint density at radius 1 is 1.29 bits per heavy atom. The lowest BCUT2D eigenvalue weighted by molar-refractivity contribution is 0.00617. The average Bonchev–Trinajstić information content (AvgIpc) is 3.36. The fraction of sp³-hybridized carbons (Fsp3) is 0.684. The molecule has 0 radical (unpaired) electrons. The quantitative estimate of drug-likeness (QED) is 0.624. The molecule has 2 aliphatic rings. The van der Waals surface area contributed by atoms with Crippen LogP contribution in [-0.4, -0.2) is 52.1 Å². The van der Waals surface area contributed by atoms with Gasteiger partial charge in [-0.15, -0.1) is 10.2 Å². The number of aromatic nitrogens is 5. The van der Waals surface area contributed by atoms with Crippen LogP contribution in [0.3, 0.4) is 0 Å². The van der Waals surface area contributed by atoms with Crippen molar-refractivity contribution in [1.29, 1.82) is 0 Å². The number of methoxy groups -OCH3 is 1. The summed E-state index contributed by atoms with van der Waals surface area (Å²) in [5.74, 6) is 1.11. The number of anilines is 1. The monoisotopic (exact) mass is 470 g/mol. The van der Waals surface area contributed by atoms with Gasteiger partial charge in [-0.05, 0) is 46.0 Å². The number of hydrogen-bond acceptors (Lipinski definition) is 8. The molecule has 0 bridgehead atoms. The van der Waals surface area contributed by atoms with E-state index in [1.165, 1.54) is 19.5 Å². The third-order valence-electron chi connectivity index (χ3n) is 5.97. The first-order valence-corrected chi connectivity index (χ1v) is 12.3. The van der Waals surface area contributed by atoms with Crippen LogP contribution in [0.1, 0.15) is 69.8 Å². The predicted molar refractivity (Wildman–Crippen MR) is 114 cm³/mol. The van der Waals surface area contributed by atoms with Crippen LogP contribution in [0.25, 0.3) is 0 Å². The van der Waals surface area contributed by atoms with Crippen LogP contribution in [0.2, 0.25) is 5.02 Å². The number of nitrogens with one attached hydrogen (secondary N) is 1. The maximum Gasteiger partial charge on any atom is 0.240 e. The number of sulfonamides is 1. The maximum absolute atomic E-state index is 13.2. The van der Waals surface area contributed by atoms with Crippen molar-refractivity contribution in [1.82, 2.24) is 24.7 Å². The van der Waals surface area contributed by atoms with Crippen LogP contribution >= 0.6 is 11.6 Å². The fourth-order valence-corrected chi connectivity index (χ4v) is 5.04. The Labute approximate surface area is 186 Å². The number of halogens is 1. The highest BCUT2D eigenvalue weighted by atomic mass is 35.5. The van der Waals surface area contributed by atoms with Crippen LogP contribution in [0, 0.1) is 0 Å². The number of hydrogen-bond donors (Lipinski definition) is 1. The molecule has 2 aromatic heterocycles. The highest BCUT2D eigenvalue weighted by molar-refractivity contribution is 7.93. The Hall–Kier alpha value is -1.82. The van der Waals surface area contributed by atoms with Gasteiger partial charge in [-0.2, -0.15) is 0 Å². The average molecular weight is 471 g/mol. The van der Waals surface area contributed by atoms with E-state index in [2.05, 4.69) is 31.8 Å². The Bertz CT molecular complexity index is 1020. The molecule has 1 aliphatic heterocycles. The zero-order valence-electron chi connectivity index (χ0n) is 17.8. The van der Waals surface area contributed by atoms with Gasteiger partial charge < -0.3 is 9.47 Å². The van der Waals surface area contributed by atoms with Gasteiger partial charge in [0.1, 0.15) is 17.5 Å². The van der Waals surface area contributed by atoms with E-state index in [9.17, 15) is 8.42 Å². The maximum atomic E-state index is 13.2. The molecule has 1 saturated heterocycles. The summed E-state index contributed by atoms with van der Waals surface area (Å²) in [6.07, 6.45) is 6.51. The zero-order valence-corrected chi connectivity index (χ0v) is 19.4. The Morgan fingerprint density at radius 2 is 2.00 bits per heavy atom. The number of ether oxygens (including phenoxy) is 2. The number of nitrogens with zero attached hydrogens (tertiary/aromatic N) is 5. The van der Waals surface area contributed by atoms with Gasteiger partial charge in [-0.1, -0.05) is 11.6 Å². The van der Waals surface area contributed by atoms with Crippen LogP contribution in [-0.2, 0) is 25.0 Å². The van der Waals surface area contributed by atoms with E-state index in [4.69, 9.17) is 21.1 Å². The zero-order chi connectivity index (χ0) is 22.2. The molecule has 2 fully saturated rings. The van der Waals surface area contributed by atoms with Gasteiger partial charge in [0.15, 0.2) is 11.6 Å². The van der Waals surface area contributed by atoms with Crippen molar-refractivity contribution in [2.45, 2.75) is 68.9 Å².